The average Bonchev–Trinajstić information content (AvgIpc) is 3.33. The Bertz CT molecular complexity index is 1330. The number of hydrogen-bond acceptors (Lipinski definition) is 4. The number of amides is 1. The SMILES string of the molecule is CCc1cc(=O)[nH]c(-c2cccc(NC(=O)c3cc(Cl)c(-n4cccc4)cc3OC)c2)n1. The van der Waals surface area contributed by atoms with Gasteiger partial charge in [-0.05, 0) is 36.8 Å². The predicted octanol–water partition coefficient (Wildman–Crippen LogP) is 4.70. The first-order chi connectivity index (χ1) is 15.5. The molecule has 2 N–H and O–H groups in total. The van der Waals surface area contributed by atoms with E-state index in [2.05, 4.69) is 15.3 Å². The molecule has 2 aromatic carbocycles. The van der Waals surface area contributed by atoms with Crippen LogP contribution in [0, 0.1) is 0 Å². The molecule has 2 aromatic heterocycles. The van der Waals surface area contributed by atoms with Crippen molar-refractivity contribution in [3.63, 3.8) is 0 Å². The fourth-order valence-corrected chi connectivity index (χ4v) is 3.61. The van der Waals surface area contributed by atoms with Gasteiger partial charge >= 0.3 is 0 Å². The molecule has 4 aromatic rings. The fourth-order valence-electron chi connectivity index (χ4n) is 3.35. The number of benzene rings is 2. The highest BCUT2D eigenvalue weighted by molar-refractivity contribution is 6.33. The highest BCUT2D eigenvalue weighted by Gasteiger charge is 2.17. The highest BCUT2D eigenvalue weighted by atomic mass is 35.5. The van der Waals surface area contributed by atoms with E-state index in [9.17, 15) is 9.59 Å². The lowest BCUT2D eigenvalue weighted by atomic mass is 10.1. The second-order valence-electron chi connectivity index (χ2n) is 7.07. The van der Waals surface area contributed by atoms with Crippen LogP contribution in [0.2, 0.25) is 5.02 Å². The van der Waals surface area contributed by atoms with Gasteiger partial charge in [0.1, 0.15) is 11.6 Å². The Hall–Kier alpha value is -3.84. The number of halogens is 1. The summed E-state index contributed by atoms with van der Waals surface area (Å²) in [4.78, 5) is 32.1. The van der Waals surface area contributed by atoms with Crippen molar-refractivity contribution in [2.24, 2.45) is 0 Å². The summed E-state index contributed by atoms with van der Waals surface area (Å²) >= 11 is 6.45. The molecular formula is C24H21ClN4O3. The lowest BCUT2D eigenvalue weighted by Gasteiger charge is -2.14. The molecule has 8 heteroatoms. The number of anilines is 1. The summed E-state index contributed by atoms with van der Waals surface area (Å²) in [6.45, 7) is 1.93. The quantitative estimate of drug-likeness (QED) is 0.447. The Balaban J connectivity index is 1.64. The Morgan fingerprint density at radius 2 is 1.94 bits per heavy atom. The van der Waals surface area contributed by atoms with Crippen LogP contribution in [0.1, 0.15) is 23.0 Å². The molecule has 0 bridgehead atoms. The molecule has 0 fully saturated rings. The Morgan fingerprint density at radius 3 is 2.66 bits per heavy atom. The van der Waals surface area contributed by atoms with Crippen molar-refractivity contribution in [3.8, 4) is 22.8 Å². The van der Waals surface area contributed by atoms with E-state index in [0.29, 0.717) is 51.2 Å². The second kappa shape index (κ2) is 9.11. The van der Waals surface area contributed by atoms with Gasteiger partial charge in [0.25, 0.3) is 11.5 Å². The summed E-state index contributed by atoms with van der Waals surface area (Å²) < 4.78 is 7.29. The summed E-state index contributed by atoms with van der Waals surface area (Å²) in [5, 5.41) is 3.28. The maximum absolute atomic E-state index is 13.0. The topological polar surface area (TPSA) is 89.0 Å². The summed E-state index contributed by atoms with van der Waals surface area (Å²) in [7, 11) is 1.50. The lowest BCUT2D eigenvalue weighted by molar-refractivity contribution is 0.102. The number of rotatable bonds is 6. The third-order valence-corrected chi connectivity index (χ3v) is 5.25. The van der Waals surface area contributed by atoms with Crippen molar-refractivity contribution >= 4 is 23.2 Å². The van der Waals surface area contributed by atoms with Crippen LogP contribution in [0.5, 0.6) is 5.75 Å². The van der Waals surface area contributed by atoms with Gasteiger partial charge in [0.2, 0.25) is 0 Å². The predicted molar refractivity (Wildman–Crippen MR) is 125 cm³/mol. The van der Waals surface area contributed by atoms with Gasteiger partial charge in [0, 0.05) is 41.5 Å². The third kappa shape index (κ3) is 4.43. The number of carbonyl (C=O) groups is 1. The maximum Gasteiger partial charge on any atom is 0.259 e. The number of methoxy groups -OCH3 is 1. The molecule has 4 rings (SSSR count). The summed E-state index contributed by atoms with van der Waals surface area (Å²) in [5.41, 5.74) is 2.72. The fraction of sp³-hybridized carbons (Fsp3) is 0.125. The van der Waals surface area contributed by atoms with Crippen LogP contribution >= 0.6 is 11.6 Å². The van der Waals surface area contributed by atoms with Gasteiger partial charge in [-0.3, -0.25) is 9.59 Å². The molecule has 162 valence electrons. The van der Waals surface area contributed by atoms with Crippen molar-refractivity contribution in [3.05, 3.63) is 93.6 Å². The second-order valence-corrected chi connectivity index (χ2v) is 7.48. The molecule has 0 aliphatic heterocycles. The van der Waals surface area contributed by atoms with E-state index in [1.54, 1.807) is 30.3 Å². The van der Waals surface area contributed by atoms with E-state index in [1.807, 2.05) is 42.1 Å². The Morgan fingerprint density at radius 1 is 1.16 bits per heavy atom. The molecule has 2 heterocycles. The van der Waals surface area contributed by atoms with Crippen molar-refractivity contribution in [2.75, 3.05) is 12.4 Å². The van der Waals surface area contributed by atoms with Gasteiger partial charge in [-0.15, -0.1) is 0 Å². The highest BCUT2D eigenvalue weighted by Crippen LogP contribution is 2.31. The van der Waals surface area contributed by atoms with Crippen molar-refractivity contribution < 1.29 is 9.53 Å². The lowest BCUT2D eigenvalue weighted by Crippen LogP contribution is -2.14. The number of aromatic amines is 1. The summed E-state index contributed by atoms with van der Waals surface area (Å²) in [5.74, 6) is 0.472. The molecule has 0 radical (unpaired) electrons. The maximum atomic E-state index is 13.0. The van der Waals surface area contributed by atoms with Gasteiger partial charge < -0.3 is 19.6 Å². The summed E-state index contributed by atoms with van der Waals surface area (Å²) in [6.07, 6.45) is 4.36. The van der Waals surface area contributed by atoms with E-state index in [4.69, 9.17) is 16.3 Å². The number of aromatic nitrogens is 3. The number of aryl methyl sites for hydroxylation is 1. The number of nitrogens with one attached hydrogen (secondary N) is 2. The van der Waals surface area contributed by atoms with Crippen LogP contribution in [-0.4, -0.2) is 27.6 Å². The van der Waals surface area contributed by atoms with Crippen LogP contribution in [0.3, 0.4) is 0 Å². The average molecular weight is 449 g/mol. The number of nitrogens with zero attached hydrogens (tertiary/aromatic N) is 2. The zero-order valence-electron chi connectivity index (χ0n) is 17.6. The normalized spacial score (nSPS) is 10.7. The molecule has 0 saturated carbocycles. The first-order valence-corrected chi connectivity index (χ1v) is 10.4. The smallest absolute Gasteiger partial charge is 0.259 e. The monoisotopic (exact) mass is 448 g/mol. The van der Waals surface area contributed by atoms with Gasteiger partial charge in [-0.25, -0.2) is 4.98 Å². The minimum Gasteiger partial charge on any atom is -0.496 e. The summed E-state index contributed by atoms with van der Waals surface area (Å²) in [6, 6.07) is 15.6. The van der Waals surface area contributed by atoms with E-state index in [-0.39, 0.29) is 11.5 Å². The first kappa shape index (κ1) is 21.4. The van der Waals surface area contributed by atoms with E-state index in [1.165, 1.54) is 13.2 Å². The van der Waals surface area contributed by atoms with Crippen LogP contribution < -0.4 is 15.6 Å². The number of carbonyl (C=O) groups excluding carboxylic acids is 1. The number of ether oxygens (including phenoxy) is 1. The van der Waals surface area contributed by atoms with Crippen molar-refractivity contribution in [2.45, 2.75) is 13.3 Å². The van der Waals surface area contributed by atoms with Crippen LogP contribution in [-0.2, 0) is 6.42 Å². The van der Waals surface area contributed by atoms with Gasteiger partial charge in [-0.2, -0.15) is 0 Å². The number of H-pyrrole nitrogens is 1. The minimum atomic E-state index is -0.372. The largest absolute Gasteiger partial charge is 0.496 e. The van der Waals surface area contributed by atoms with Gasteiger partial charge in [-0.1, -0.05) is 30.7 Å². The molecule has 0 aliphatic rings. The van der Waals surface area contributed by atoms with Crippen LogP contribution in [0.15, 0.2) is 71.8 Å². The molecular weight excluding hydrogens is 428 g/mol. The molecule has 1 amide bonds. The van der Waals surface area contributed by atoms with E-state index >= 15 is 0 Å². The van der Waals surface area contributed by atoms with Crippen LogP contribution in [0.4, 0.5) is 5.69 Å². The molecule has 0 aliphatic carbocycles. The molecule has 7 nitrogen and oxygen atoms in total. The van der Waals surface area contributed by atoms with Crippen molar-refractivity contribution in [1.29, 1.82) is 0 Å². The standard InChI is InChI=1S/C24H21ClN4O3/c1-3-16-12-22(30)28-23(26-16)15-7-6-8-17(11-15)27-24(31)18-13-19(25)20(14-21(18)32-2)29-9-4-5-10-29/h4-14H,3H2,1-2H3,(H,27,31)(H,26,28,30). The molecule has 0 unspecified atom stereocenters. The third-order valence-electron chi connectivity index (χ3n) is 4.95. The Kier molecular flexibility index (Phi) is 6.09. The molecule has 0 saturated heterocycles. The van der Waals surface area contributed by atoms with E-state index < -0.39 is 0 Å². The minimum absolute atomic E-state index is 0.219. The molecule has 0 spiro atoms. The van der Waals surface area contributed by atoms with Crippen LogP contribution in [0.25, 0.3) is 17.1 Å². The van der Waals surface area contributed by atoms with Gasteiger partial charge in [0.15, 0.2) is 0 Å². The zero-order valence-corrected chi connectivity index (χ0v) is 18.3. The van der Waals surface area contributed by atoms with Crippen molar-refractivity contribution in [1.82, 2.24) is 14.5 Å². The first-order valence-electron chi connectivity index (χ1n) is 10.0. The van der Waals surface area contributed by atoms with Gasteiger partial charge in [0.05, 0.1) is 23.4 Å². The van der Waals surface area contributed by atoms with E-state index in [0.717, 1.165) is 0 Å². The zero-order chi connectivity index (χ0) is 22.7. The Labute approximate surface area is 189 Å². The molecule has 0 atom stereocenters. The number of hydrogen-bond donors (Lipinski definition) is 2. The molecule has 32 heavy (non-hydrogen) atoms.